The van der Waals surface area contributed by atoms with Gasteiger partial charge in [-0.25, -0.2) is 0 Å². The van der Waals surface area contributed by atoms with E-state index in [1.807, 2.05) is 4.90 Å². The smallest absolute Gasteiger partial charge is 0.222 e. The second-order valence-electron chi connectivity index (χ2n) is 5.16. The Morgan fingerprint density at radius 1 is 1.38 bits per heavy atom. The van der Waals surface area contributed by atoms with Crippen LogP contribution in [0.3, 0.4) is 0 Å². The van der Waals surface area contributed by atoms with E-state index in [0.29, 0.717) is 6.42 Å². The van der Waals surface area contributed by atoms with Crippen LogP contribution in [0.2, 0.25) is 0 Å². The van der Waals surface area contributed by atoms with Gasteiger partial charge in [-0.2, -0.15) is 0 Å². The number of aliphatic hydroxyl groups is 1. The lowest BCUT2D eigenvalue weighted by Crippen LogP contribution is -2.58. The summed E-state index contributed by atoms with van der Waals surface area (Å²) in [4.78, 5) is 13.8. The predicted molar refractivity (Wildman–Crippen MR) is 64.2 cm³/mol. The van der Waals surface area contributed by atoms with E-state index in [1.165, 1.54) is 0 Å². The summed E-state index contributed by atoms with van der Waals surface area (Å²) in [6.45, 7) is 6.98. The number of piperazine rings is 1. The lowest BCUT2D eigenvalue weighted by Gasteiger charge is -2.39. The molecule has 1 aliphatic heterocycles. The van der Waals surface area contributed by atoms with Gasteiger partial charge in [-0.05, 0) is 26.7 Å². The van der Waals surface area contributed by atoms with Gasteiger partial charge in [-0.15, -0.1) is 0 Å². The predicted octanol–water partition coefficient (Wildman–Crippen LogP) is 0.750. The molecule has 4 heteroatoms. The summed E-state index contributed by atoms with van der Waals surface area (Å²) >= 11 is 0. The minimum atomic E-state index is 0.0407. The highest BCUT2D eigenvalue weighted by Gasteiger charge is 2.27. The number of carbonyl (C=O) groups excluding carboxylic acids is 1. The minimum Gasteiger partial charge on any atom is -0.396 e. The summed E-state index contributed by atoms with van der Waals surface area (Å²) in [6, 6.07) is 0. The molecule has 0 aromatic heterocycles. The molecule has 16 heavy (non-hydrogen) atoms. The van der Waals surface area contributed by atoms with Crippen LogP contribution in [0, 0.1) is 0 Å². The van der Waals surface area contributed by atoms with Crippen molar-refractivity contribution in [3.05, 3.63) is 0 Å². The molecule has 1 fully saturated rings. The van der Waals surface area contributed by atoms with Crippen molar-refractivity contribution < 1.29 is 9.90 Å². The molecule has 0 radical (unpaired) electrons. The normalized spacial score (nSPS) is 19.8. The molecule has 0 aromatic carbocycles. The first-order valence-electron chi connectivity index (χ1n) is 6.19. The Balaban J connectivity index is 2.25. The number of nitrogens with zero attached hydrogens (tertiary/aromatic N) is 1. The van der Waals surface area contributed by atoms with E-state index in [0.717, 1.165) is 38.9 Å². The summed E-state index contributed by atoms with van der Waals surface area (Å²) in [5, 5.41) is 12.0. The zero-order valence-electron chi connectivity index (χ0n) is 10.5. The third-order valence-electron chi connectivity index (χ3n) is 2.97. The monoisotopic (exact) mass is 228 g/mol. The number of amides is 1. The SMILES string of the molecule is CC1(C)CN(C(=O)CCCCCO)CCN1. The Bertz CT molecular complexity index is 229. The number of aliphatic hydroxyl groups excluding tert-OH is 1. The fourth-order valence-corrected chi connectivity index (χ4v) is 2.08. The third kappa shape index (κ3) is 4.49. The Kier molecular flexibility index (Phi) is 5.22. The van der Waals surface area contributed by atoms with Crippen LogP contribution in [0.25, 0.3) is 0 Å². The first-order valence-corrected chi connectivity index (χ1v) is 6.19. The van der Waals surface area contributed by atoms with Crippen LogP contribution in [-0.2, 0) is 4.79 Å². The molecular formula is C12H24N2O2. The van der Waals surface area contributed by atoms with Crippen molar-refractivity contribution in [1.29, 1.82) is 0 Å². The summed E-state index contributed by atoms with van der Waals surface area (Å²) in [5.74, 6) is 0.257. The average Bonchev–Trinajstić information content (AvgIpc) is 2.22. The molecular weight excluding hydrogens is 204 g/mol. The first-order chi connectivity index (χ1) is 7.55. The van der Waals surface area contributed by atoms with E-state index < -0.39 is 0 Å². The third-order valence-corrected chi connectivity index (χ3v) is 2.97. The molecule has 0 aromatic rings. The molecule has 2 N–H and O–H groups in total. The number of nitrogens with one attached hydrogen (secondary N) is 1. The highest BCUT2D eigenvalue weighted by molar-refractivity contribution is 5.76. The molecule has 0 saturated carbocycles. The van der Waals surface area contributed by atoms with E-state index in [-0.39, 0.29) is 18.1 Å². The Labute approximate surface area is 98.0 Å². The molecule has 1 saturated heterocycles. The Morgan fingerprint density at radius 3 is 2.75 bits per heavy atom. The zero-order chi connectivity index (χ0) is 12.0. The van der Waals surface area contributed by atoms with E-state index in [4.69, 9.17) is 5.11 Å². The molecule has 0 unspecified atom stereocenters. The van der Waals surface area contributed by atoms with Gasteiger partial charge < -0.3 is 15.3 Å². The van der Waals surface area contributed by atoms with Gasteiger partial charge in [-0.3, -0.25) is 4.79 Å². The molecule has 1 rings (SSSR count). The number of carbonyl (C=O) groups is 1. The van der Waals surface area contributed by atoms with Gasteiger partial charge in [0.1, 0.15) is 0 Å². The van der Waals surface area contributed by atoms with Gasteiger partial charge in [0.2, 0.25) is 5.91 Å². The maximum absolute atomic E-state index is 11.9. The molecule has 1 amide bonds. The number of hydrogen-bond donors (Lipinski definition) is 2. The maximum Gasteiger partial charge on any atom is 0.222 e. The lowest BCUT2D eigenvalue weighted by molar-refractivity contribution is -0.133. The van der Waals surface area contributed by atoms with Crippen molar-refractivity contribution in [3.63, 3.8) is 0 Å². The van der Waals surface area contributed by atoms with Crippen LogP contribution in [0.5, 0.6) is 0 Å². The van der Waals surface area contributed by atoms with E-state index in [1.54, 1.807) is 0 Å². The van der Waals surface area contributed by atoms with Crippen molar-refractivity contribution >= 4 is 5.91 Å². The van der Waals surface area contributed by atoms with Crippen molar-refractivity contribution in [1.82, 2.24) is 10.2 Å². The maximum atomic E-state index is 11.9. The number of rotatable bonds is 5. The summed E-state index contributed by atoms with van der Waals surface area (Å²) in [6.07, 6.45) is 3.26. The van der Waals surface area contributed by atoms with Gasteiger partial charge in [0.05, 0.1) is 0 Å². The fraction of sp³-hybridized carbons (Fsp3) is 0.917. The quantitative estimate of drug-likeness (QED) is 0.683. The van der Waals surface area contributed by atoms with Crippen LogP contribution in [0.1, 0.15) is 39.5 Å². The Morgan fingerprint density at radius 2 is 2.12 bits per heavy atom. The summed E-state index contributed by atoms with van der Waals surface area (Å²) in [7, 11) is 0. The molecule has 4 nitrogen and oxygen atoms in total. The number of unbranched alkanes of at least 4 members (excludes halogenated alkanes) is 2. The second kappa shape index (κ2) is 6.21. The molecule has 1 aliphatic rings. The van der Waals surface area contributed by atoms with Gasteiger partial charge in [0.25, 0.3) is 0 Å². The lowest BCUT2D eigenvalue weighted by atomic mass is 10.0. The topological polar surface area (TPSA) is 52.6 Å². The second-order valence-corrected chi connectivity index (χ2v) is 5.16. The van der Waals surface area contributed by atoms with Crippen molar-refractivity contribution in [2.75, 3.05) is 26.2 Å². The highest BCUT2D eigenvalue weighted by atomic mass is 16.2. The van der Waals surface area contributed by atoms with Gasteiger partial charge in [0.15, 0.2) is 0 Å². The Hall–Kier alpha value is -0.610. The number of hydrogen-bond acceptors (Lipinski definition) is 3. The molecule has 94 valence electrons. The van der Waals surface area contributed by atoms with Crippen LogP contribution in [0.4, 0.5) is 0 Å². The van der Waals surface area contributed by atoms with Crippen molar-refractivity contribution in [2.45, 2.75) is 45.1 Å². The summed E-state index contributed by atoms with van der Waals surface area (Å²) < 4.78 is 0. The van der Waals surface area contributed by atoms with Crippen molar-refractivity contribution in [2.24, 2.45) is 0 Å². The zero-order valence-corrected chi connectivity index (χ0v) is 10.5. The van der Waals surface area contributed by atoms with Gasteiger partial charge in [0, 0.05) is 38.2 Å². The fourth-order valence-electron chi connectivity index (χ4n) is 2.08. The average molecular weight is 228 g/mol. The van der Waals surface area contributed by atoms with Crippen LogP contribution in [0.15, 0.2) is 0 Å². The summed E-state index contributed by atoms with van der Waals surface area (Å²) in [5.41, 5.74) is 0.0407. The molecule has 0 atom stereocenters. The minimum absolute atomic E-state index is 0.0407. The van der Waals surface area contributed by atoms with Crippen molar-refractivity contribution in [3.8, 4) is 0 Å². The van der Waals surface area contributed by atoms with E-state index in [9.17, 15) is 4.79 Å². The largest absolute Gasteiger partial charge is 0.396 e. The molecule has 0 spiro atoms. The molecule has 1 heterocycles. The van der Waals surface area contributed by atoms with Gasteiger partial charge >= 0.3 is 0 Å². The van der Waals surface area contributed by atoms with Crippen LogP contribution >= 0.6 is 0 Å². The van der Waals surface area contributed by atoms with Gasteiger partial charge in [-0.1, -0.05) is 6.42 Å². The molecule has 0 bridgehead atoms. The molecule has 0 aliphatic carbocycles. The van der Waals surface area contributed by atoms with E-state index >= 15 is 0 Å². The van der Waals surface area contributed by atoms with Crippen LogP contribution < -0.4 is 5.32 Å². The first kappa shape index (κ1) is 13.5. The standard InChI is InChI=1S/C12H24N2O2/c1-12(2)10-14(8-7-13-12)11(16)6-4-3-5-9-15/h13,15H,3-10H2,1-2H3. The van der Waals surface area contributed by atoms with E-state index in [2.05, 4.69) is 19.2 Å². The van der Waals surface area contributed by atoms with Crippen LogP contribution in [-0.4, -0.2) is 47.7 Å². The highest BCUT2D eigenvalue weighted by Crippen LogP contribution is 2.12.